The standard InChI is InChI=1S/C19H21N7O/c1-12(16-20-11-21-23-16)27-18-14(19(2,3)4)10-15-22-24-17(26(15)25-18)13-8-6-5-7-9-13/h5-12H,1-4H3,(H,20,21,23). The number of benzene rings is 1. The molecule has 1 N–H and O–H groups in total. The van der Waals surface area contributed by atoms with E-state index in [2.05, 4.69) is 46.1 Å². The molecule has 4 rings (SSSR count). The van der Waals surface area contributed by atoms with Crippen molar-refractivity contribution in [1.82, 2.24) is 35.0 Å². The molecule has 0 saturated carbocycles. The van der Waals surface area contributed by atoms with Crippen LogP contribution in [-0.4, -0.2) is 35.0 Å². The molecule has 27 heavy (non-hydrogen) atoms. The molecular formula is C19H21N7O. The van der Waals surface area contributed by atoms with Gasteiger partial charge in [-0.05, 0) is 18.4 Å². The lowest BCUT2D eigenvalue weighted by Crippen LogP contribution is -2.18. The van der Waals surface area contributed by atoms with Gasteiger partial charge in [0.1, 0.15) is 6.33 Å². The SMILES string of the molecule is CC(Oc1nn2c(-c3ccccc3)nnc2cc1C(C)(C)C)c1ncn[nH]1. The van der Waals surface area contributed by atoms with E-state index in [4.69, 9.17) is 9.84 Å². The molecule has 0 amide bonds. The van der Waals surface area contributed by atoms with Gasteiger partial charge < -0.3 is 4.74 Å². The fourth-order valence-corrected chi connectivity index (χ4v) is 2.84. The van der Waals surface area contributed by atoms with Gasteiger partial charge in [0.25, 0.3) is 0 Å². The molecule has 0 spiro atoms. The third kappa shape index (κ3) is 3.25. The Bertz CT molecular complexity index is 1050. The first-order valence-electron chi connectivity index (χ1n) is 8.78. The summed E-state index contributed by atoms with van der Waals surface area (Å²) in [5.41, 5.74) is 2.39. The minimum absolute atomic E-state index is 0.177. The number of rotatable bonds is 4. The van der Waals surface area contributed by atoms with Crippen molar-refractivity contribution in [1.29, 1.82) is 0 Å². The van der Waals surface area contributed by atoms with Crippen molar-refractivity contribution in [2.45, 2.75) is 39.2 Å². The Hall–Kier alpha value is -3.29. The maximum absolute atomic E-state index is 6.16. The highest BCUT2D eigenvalue weighted by Gasteiger charge is 2.25. The summed E-state index contributed by atoms with van der Waals surface area (Å²) in [5, 5.41) is 20.1. The normalized spacial score (nSPS) is 13.0. The summed E-state index contributed by atoms with van der Waals surface area (Å²) in [6.45, 7) is 8.24. The highest BCUT2D eigenvalue weighted by atomic mass is 16.5. The minimum atomic E-state index is -0.324. The van der Waals surface area contributed by atoms with Crippen LogP contribution >= 0.6 is 0 Å². The van der Waals surface area contributed by atoms with Crippen molar-refractivity contribution in [3.63, 3.8) is 0 Å². The van der Waals surface area contributed by atoms with Crippen LogP contribution in [0.25, 0.3) is 17.0 Å². The van der Waals surface area contributed by atoms with Gasteiger partial charge in [-0.25, -0.2) is 4.98 Å². The Kier molecular flexibility index (Phi) is 4.10. The number of nitrogens with zero attached hydrogens (tertiary/aromatic N) is 6. The third-order valence-electron chi connectivity index (χ3n) is 4.31. The number of hydrogen-bond donors (Lipinski definition) is 1. The molecule has 3 aromatic heterocycles. The van der Waals surface area contributed by atoms with Crippen molar-refractivity contribution in [3.05, 3.63) is 54.1 Å². The van der Waals surface area contributed by atoms with E-state index in [0.29, 0.717) is 23.2 Å². The van der Waals surface area contributed by atoms with Gasteiger partial charge in [0.05, 0.1) is 0 Å². The second-order valence-electron chi connectivity index (χ2n) is 7.40. The zero-order valence-corrected chi connectivity index (χ0v) is 15.7. The minimum Gasteiger partial charge on any atom is -0.465 e. The fourth-order valence-electron chi connectivity index (χ4n) is 2.84. The lowest BCUT2D eigenvalue weighted by atomic mass is 9.88. The third-order valence-corrected chi connectivity index (χ3v) is 4.31. The molecule has 1 atom stereocenters. The van der Waals surface area contributed by atoms with E-state index >= 15 is 0 Å². The largest absolute Gasteiger partial charge is 0.465 e. The summed E-state index contributed by atoms with van der Waals surface area (Å²) in [5.74, 6) is 1.84. The van der Waals surface area contributed by atoms with Crippen LogP contribution in [0, 0.1) is 0 Å². The molecule has 0 aliphatic heterocycles. The fraction of sp³-hybridized carbons (Fsp3) is 0.316. The van der Waals surface area contributed by atoms with E-state index in [-0.39, 0.29) is 11.5 Å². The highest BCUT2D eigenvalue weighted by molar-refractivity contribution is 5.59. The average Bonchev–Trinajstić information content (AvgIpc) is 3.31. The Morgan fingerprint density at radius 2 is 1.89 bits per heavy atom. The number of ether oxygens (including phenoxy) is 1. The Balaban J connectivity index is 1.84. The summed E-state index contributed by atoms with van der Waals surface area (Å²) in [6.07, 6.45) is 1.14. The van der Waals surface area contributed by atoms with E-state index < -0.39 is 0 Å². The van der Waals surface area contributed by atoms with Gasteiger partial charge in [-0.2, -0.15) is 9.61 Å². The molecule has 0 bridgehead atoms. The van der Waals surface area contributed by atoms with Crippen LogP contribution in [0.4, 0.5) is 0 Å². The average molecular weight is 363 g/mol. The maximum Gasteiger partial charge on any atom is 0.236 e. The molecule has 0 fully saturated rings. The molecule has 8 heteroatoms. The van der Waals surface area contributed by atoms with Crippen LogP contribution in [0.15, 0.2) is 42.7 Å². The predicted octanol–water partition coefficient (Wildman–Crippen LogP) is 3.35. The van der Waals surface area contributed by atoms with E-state index in [0.717, 1.165) is 11.1 Å². The zero-order chi connectivity index (χ0) is 19.0. The van der Waals surface area contributed by atoms with Gasteiger partial charge in [-0.3, -0.25) is 5.10 Å². The van der Waals surface area contributed by atoms with Gasteiger partial charge in [-0.15, -0.1) is 15.3 Å². The number of fused-ring (bicyclic) bond motifs is 1. The number of aromatic amines is 1. The maximum atomic E-state index is 6.16. The predicted molar refractivity (Wildman–Crippen MR) is 100 cm³/mol. The van der Waals surface area contributed by atoms with Crippen LogP contribution in [0.3, 0.4) is 0 Å². The van der Waals surface area contributed by atoms with Gasteiger partial charge in [0, 0.05) is 11.1 Å². The summed E-state index contributed by atoms with van der Waals surface area (Å²) in [4.78, 5) is 4.17. The van der Waals surface area contributed by atoms with Crippen molar-refractivity contribution in [2.24, 2.45) is 0 Å². The Labute approximate surface area is 156 Å². The molecule has 138 valence electrons. The monoisotopic (exact) mass is 363 g/mol. The summed E-state index contributed by atoms with van der Waals surface area (Å²) < 4.78 is 7.88. The molecule has 0 radical (unpaired) electrons. The van der Waals surface area contributed by atoms with Gasteiger partial charge in [0.2, 0.25) is 5.88 Å². The van der Waals surface area contributed by atoms with Crippen LogP contribution in [0.2, 0.25) is 0 Å². The second-order valence-corrected chi connectivity index (χ2v) is 7.40. The molecular weight excluding hydrogens is 342 g/mol. The van der Waals surface area contributed by atoms with Crippen LogP contribution < -0.4 is 4.74 Å². The lowest BCUT2D eigenvalue weighted by molar-refractivity contribution is 0.199. The molecule has 0 aliphatic rings. The molecule has 0 aliphatic carbocycles. The Morgan fingerprint density at radius 3 is 2.56 bits per heavy atom. The Morgan fingerprint density at radius 1 is 1.11 bits per heavy atom. The molecule has 8 nitrogen and oxygen atoms in total. The number of H-pyrrole nitrogens is 1. The smallest absolute Gasteiger partial charge is 0.236 e. The van der Waals surface area contributed by atoms with Crippen molar-refractivity contribution >= 4 is 5.65 Å². The van der Waals surface area contributed by atoms with Crippen molar-refractivity contribution in [3.8, 4) is 17.3 Å². The second kappa shape index (κ2) is 6.46. The quantitative estimate of drug-likeness (QED) is 0.597. The van der Waals surface area contributed by atoms with Gasteiger partial charge >= 0.3 is 0 Å². The van der Waals surface area contributed by atoms with Crippen LogP contribution in [-0.2, 0) is 5.41 Å². The van der Waals surface area contributed by atoms with Crippen LogP contribution in [0.1, 0.15) is 45.2 Å². The van der Waals surface area contributed by atoms with Crippen molar-refractivity contribution in [2.75, 3.05) is 0 Å². The number of aromatic nitrogens is 7. The molecule has 0 saturated heterocycles. The van der Waals surface area contributed by atoms with E-state index in [1.54, 1.807) is 4.52 Å². The molecule has 1 unspecified atom stereocenters. The highest BCUT2D eigenvalue weighted by Crippen LogP contribution is 2.33. The van der Waals surface area contributed by atoms with Gasteiger partial charge in [0.15, 0.2) is 23.4 Å². The topological polar surface area (TPSA) is 93.9 Å². The summed E-state index contributed by atoms with van der Waals surface area (Å²) in [6, 6.07) is 11.8. The zero-order valence-electron chi connectivity index (χ0n) is 15.7. The van der Waals surface area contributed by atoms with E-state index in [1.807, 2.05) is 43.3 Å². The molecule has 4 aromatic rings. The first-order chi connectivity index (χ1) is 12.9. The first-order valence-corrected chi connectivity index (χ1v) is 8.78. The summed E-state index contributed by atoms with van der Waals surface area (Å²) in [7, 11) is 0. The number of hydrogen-bond acceptors (Lipinski definition) is 6. The van der Waals surface area contributed by atoms with Crippen LogP contribution in [0.5, 0.6) is 5.88 Å². The van der Waals surface area contributed by atoms with E-state index in [9.17, 15) is 0 Å². The van der Waals surface area contributed by atoms with Crippen molar-refractivity contribution < 1.29 is 4.74 Å². The first kappa shape index (κ1) is 17.1. The molecule has 3 heterocycles. The lowest BCUT2D eigenvalue weighted by Gasteiger charge is -2.23. The van der Waals surface area contributed by atoms with Gasteiger partial charge in [-0.1, -0.05) is 51.1 Å². The number of nitrogens with one attached hydrogen (secondary N) is 1. The van der Waals surface area contributed by atoms with E-state index in [1.165, 1.54) is 6.33 Å². The summed E-state index contributed by atoms with van der Waals surface area (Å²) >= 11 is 0. The molecule has 1 aromatic carbocycles.